The van der Waals surface area contributed by atoms with Crippen LogP contribution in [0.1, 0.15) is 66.8 Å². The lowest BCUT2D eigenvalue weighted by Gasteiger charge is -2.36. The van der Waals surface area contributed by atoms with Crippen LogP contribution in [0.4, 0.5) is 0 Å². The quantitative estimate of drug-likeness (QED) is 0.0670. The number of benzene rings is 3. The summed E-state index contributed by atoms with van der Waals surface area (Å²) in [6, 6.07) is 23.9. The van der Waals surface area contributed by atoms with E-state index in [4.69, 9.17) is 14.7 Å². The normalized spacial score (nSPS) is 17.8. The van der Waals surface area contributed by atoms with E-state index in [0.29, 0.717) is 43.1 Å². The maximum absolute atomic E-state index is 12.3. The van der Waals surface area contributed by atoms with Gasteiger partial charge in [0, 0.05) is 44.2 Å². The number of hydrogen-bond donors (Lipinski definition) is 4. The fourth-order valence-electron chi connectivity index (χ4n) is 5.18. The zero-order chi connectivity index (χ0) is 32.3. The summed E-state index contributed by atoms with van der Waals surface area (Å²) in [5.74, 6) is 0.100. The van der Waals surface area contributed by atoms with Crippen molar-refractivity contribution in [2.75, 3.05) is 5.75 Å². The number of thioether (sulfide) groups is 1. The Morgan fingerprint density at radius 2 is 1.67 bits per heavy atom. The summed E-state index contributed by atoms with van der Waals surface area (Å²) < 4.78 is 14.7. The van der Waals surface area contributed by atoms with Crippen molar-refractivity contribution in [3.63, 3.8) is 0 Å². The van der Waals surface area contributed by atoms with Gasteiger partial charge in [0.05, 0.1) is 18.8 Å². The number of hydroxylamine groups is 1. The number of aryl methyl sites for hydroxylation is 1. The molecule has 0 unspecified atom stereocenters. The van der Waals surface area contributed by atoms with E-state index in [0.717, 1.165) is 33.4 Å². The van der Waals surface area contributed by atoms with E-state index in [1.807, 2.05) is 66.7 Å². The number of carbonyl (C=O) groups excluding carboxylic acids is 2. The number of hydrogen-bond acceptors (Lipinski definition) is 10. The van der Waals surface area contributed by atoms with E-state index in [-0.39, 0.29) is 31.1 Å². The van der Waals surface area contributed by atoms with Crippen LogP contribution in [0.15, 0.2) is 78.0 Å². The second kappa shape index (κ2) is 16.4. The molecule has 1 aliphatic heterocycles. The van der Waals surface area contributed by atoms with Crippen LogP contribution in [0.5, 0.6) is 0 Å². The van der Waals surface area contributed by atoms with Crippen LogP contribution in [-0.2, 0) is 39.3 Å². The lowest BCUT2D eigenvalue weighted by molar-refractivity contribution is -0.245. The van der Waals surface area contributed by atoms with Crippen LogP contribution in [-0.4, -0.2) is 54.2 Å². The molecule has 5 rings (SSSR count). The molecule has 2 amide bonds. The maximum atomic E-state index is 12.3. The van der Waals surface area contributed by atoms with Crippen molar-refractivity contribution < 1.29 is 29.4 Å². The first-order chi connectivity index (χ1) is 22.4. The van der Waals surface area contributed by atoms with Crippen LogP contribution in [0, 0.1) is 0 Å². The maximum Gasteiger partial charge on any atom is 0.243 e. The third-order valence-corrected chi connectivity index (χ3v) is 8.83. The molecule has 12 nitrogen and oxygen atoms in total. The van der Waals surface area contributed by atoms with Crippen LogP contribution < -0.4 is 10.8 Å². The third kappa shape index (κ3) is 9.21. The van der Waals surface area contributed by atoms with Crippen molar-refractivity contribution in [2.45, 2.75) is 68.9 Å². The zero-order valence-electron chi connectivity index (χ0n) is 25.5. The highest BCUT2D eigenvalue weighted by Gasteiger charge is 2.32. The monoisotopic (exact) mass is 646 g/mol. The van der Waals surface area contributed by atoms with E-state index in [2.05, 4.69) is 26.9 Å². The summed E-state index contributed by atoms with van der Waals surface area (Å²) in [4.78, 5) is 23.4. The van der Waals surface area contributed by atoms with Crippen molar-refractivity contribution in [3.8, 4) is 11.1 Å². The Balaban J connectivity index is 1.26. The molecule has 0 aliphatic carbocycles. The highest BCUT2D eigenvalue weighted by Crippen LogP contribution is 2.40. The van der Waals surface area contributed by atoms with Crippen molar-refractivity contribution in [1.29, 1.82) is 0 Å². The lowest BCUT2D eigenvalue weighted by atomic mass is 9.99. The average Bonchev–Trinajstić information content (AvgIpc) is 3.52. The Kier molecular flexibility index (Phi) is 11.9. The summed E-state index contributed by atoms with van der Waals surface area (Å²) >= 11 is 1.53. The predicted octanol–water partition coefficient (Wildman–Crippen LogP) is 4.39. The summed E-state index contributed by atoms with van der Waals surface area (Å²) in [7, 11) is 1.81. The van der Waals surface area contributed by atoms with Crippen molar-refractivity contribution in [1.82, 2.24) is 31.0 Å². The van der Waals surface area contributed by atoms with E-state index in [1.54, 1.807) is 17.2 Å². The summed E-state index contributed by atoms with van der Waals surface area (Å²) in [5.41, 5.74) is 7.29. The number of aliphatic hydroxyl groups is 1. The molecule has 4 aromatic rings. The molecule has 0 spiro atoms. The molecule has 242 valence electrons. The Labute approximate surface area is 271 Å². The van der Waals surface area contributed by atoms with Gasteiger partial charge in [0.2, 0.25) is 17.0 Å². The minimum atomic E-state index is -0.606. The number of ether oxygens (including phenoxy) is 2. The number of amides is 2. The van der Waals surface area contributed by atoms with Crippen molar-refractivity contribution in [3.05, 3.63) is 95.1 Å². The molecule has 46 heavy (non-hydrogen) atoms. The van der Waals surface area contributed by atoms with Crippen LogP contribution in [0.25, 0.3) is 11.1 Å². The molecule has 13 heteroatoms. The molecular weight excluding hydrogens is 608 g/mol. The second-order valence-electron chi connectivity index (χ2n) is 11.1. The summed E-state index contributed by atoms with van der Waals surface area (Å²) in [6.07, 6.45) is 1.27. The van der Waals surface area contributed by atoms with Crippen LogP contribution >= 0.6 is 11.8 Å². The van der Waals surface area contributed by atoms with E-state index in [9.17, 15) is 14.7 Å². The molecule has 0 bridgehead atoms. The first-order valence-corrected chi connectivity index (χ1v) is 16.1. The molecule has 1 saturated heterocycles. The lowest BCUT2D eigenvalue weighted by Crippen LogP contribution is -2.31. The van der Waals surface area contributed by atoms with E-state index >= 15 is 0 Å². The molecule has 0 saturated carbocycles. The fourth-order valence-corrected chi connectivity index (χ4v) is 6.04. The number of unbranched alkanes of at least 4 members (excludes halogenated alkanes) is 1. The first kappa shape index (κ1) is 33.2. The summed E-state index contributed by atoms with van der Waals surface area (Å²) in [5, 5.41) is 33.5. The van der Waals surface area contributed by atoms with Crippen molar-refractivity contribution >= 4 is 23.6 Å². The molecule has 1 aromatic heterocycles. The Hall–Kier alpha value is -4.14. The third-order valence-electron chi connectivity index (χ3n) is 7.69. The van der Waals surface area contributed by atoms with Gasteiger partial charge in [-0.25, -0.2) is 10.2 Å². The topological polar surface area (TPSA) is 161 Å². The number of aliphatic hydroxyl groups excluding tert-OH is 1. The summed E-state index contributed by atoms with van der Waals surface area (Å²) in [6.45, 7) is 0.367. The smallest absolute Gasteiger partial charge is 0.243 e. The SMILES string of the molecule is Cn1nnnc1SC[C@@H]1C[C@H](c2ccc(CO)cc2)O[C@H](c2cccc(-c3cccc(CNC(=O)CCCCC(=O)NO)c3)c2)O1. The minimum Gasteiger partial charge on any atom is -0.392 e. The van der Waals surface area contributed by atoms with Gasteiger partial charge in [-0.15, -0.1) is 5.10 Å². The number of nitrogens with one attached hydrogen (secondary N) is 2. The number of nitrogens with zero attached hydrogens (tertiary/aromatic N) is 4. The molecule has 1 fully saturated rings. The van der Waals surface area contributed by atoms with Crippen LogP contribution in [0.3, 0.4) is 0 Å². The Bertz CT molecular complexity index is 1600. The molecule has 3 aromatic carbocycles. The van der Waals surface area contributed by atoms with Gasteiger partial charge in [0.25, 0.3) is 0 Å². The molecule has 3 atom stereocenters. The predicted molar refractivity (Wildman–Crippen MR) is 170 cm³/mol. The molecule has 2 heterocycles. The van der Waals surface area contributed by atoms with Gasteiger partial charge in [0.1, 0.15) is 0 Å². The highest BCUT2D eigenvalue weighted by atomic mass is 32.2. The highest BCUT2D eigenvalue weighted by molar-refractivity contribution is 7.99. The van der Waals surface area contributed by atoms with Gasteiger partial charge >= 0.3 is 0 Å². The average molecular weight is 647 g/mol. The molecule has 0 radical (unpaired) electrons. The standard InChI is InChI=1S/C33H38N6O6S/c1-39-33(35-37-38-39)46-21-28-18-29(24-14-12-22(20-40)13-15-24)45-32(44-28)27-9-5-8-26(17-27)25-7-4-6-23(16-25)19-34-30(41)10-2-3-11-31(42)36-43/h4-9,12-17,28-29,32,40,43H,2-3,10-11,18-21H2,1H3,(H,34,41)(H,36,42)/t28-,29+,32+/m0/s1. The largest absolute Gasteiger partial charge is 0.392 e. The number of rotatable bonds is 14. The molecule has 4 N–H and O–H groups in total. The van der Waals surface area contributed by atoms with Gasteiger partial charge in [0.15, 0.2) is 6.29 Å². The van der Waals surface area contributed by atoms with Gasteiger partial charge in [-0.2, -0.15) is 0 Å². The minimum absolute atomic E-state index is 0.0176. The van der Waals surface area contributed by atoms with Gasteiger partial charge in [-0.1, -0.05) is 72.4 Å². The molecule has 1 aliphatic rings. The first-order valence-electron chi connectivity index (χ1n) is 15.2. The number of aromatic nitrogens is 4. The Morgan fingerprint density at radius 1 is 0.935 bits per heavy atom. The Morgan fingerprint density at radius 3 is 2.39 bits per heavy atom. The van der Waals surface area contributed by atoms with Gasteiger partial charge in [-0.05, 0) is 63.2 Å². The number of carbonyl (C=O) groups is 2. The second-order valence-corrected chi connectivity index (χ2v) is 12.1. The van der Waals surface area contributed by atoms with Crippen molar-refractivity contribution in [2.24, 2.45) is 7.05 Å². The van der Waals surface area contributed by atoms with Crippen LogP contribution in [0.2, 0.25) is 0 Å². The van der Waals surface area contributed by atoms with Gasteiger partial charge < -0.3 is 19.9 Å². The van der Waals surface area contributed by atoms with Gasteiger partial charge in [-0.3, -0.25) is 14.8 Å². The number of tetrazole rings is 1. The fraction of sp³-hybridized carbons (Fsp3) is 0.364. The van der Waals surface area contributed by atoms with E-state index < -0.39 is 12.2 Å². The zero-order valence-corrected chi connectivity index (χ0v) is 26.4. The van der Waals surface area contributed by atoms with E-state index in [1.165, 1.54) is 11.8 Å². The molecular formula is C33H38N6O6S.